The van der Waals surface area contributed by atoms with Gasteiger partial charge in [-0.3, -0.25) is 4.79 Å². The van der Waals surface area contributed by atoms with Gasteiger partial charge in [0.25, 0.3) is 5.91 Å². The van der Waals surface area contributed by atoms with E-state index >= 15 is 0 Å². The van der Waals surface area contributed by atoms with Crippen molar-refractivity contribution < 1.29 is 4.79 Å². The van der Waals surface area contributed by atoms with Gasteiger partial charge >= 0.3 is 0 Å². The largest absolute Gasteiger partial charge is 0.319 e. The fraction of sp³-hybridized carbons (Fsp3) is 0.231. The third-order valence-electron chi connectivity index (χ3n) is 2.43. The van der Waals surface area contributed by atoms with Gasteiger partial charge in [0.05, 0.1) is 18.1 Å². The summed E-state index contributed by atoms with van der Waals surface area (Å²) < 4.78 is 0. The second-order valence-corrected chi connectivity index (χ2v) is 4.39. The summed E-state index contributed by atoms with van der Waals surface area (Å²) in [7, 11) is 0. The van der Waals surface area contributed by atoms with E-state index in [0.29, 0.717) is 16.4 Å². The monoisotopic (exact) mass is 276 g/mol. The predicted molar refractivity (Wildman–Crippen MR) is 73.2 cm³/mol. The fourth-order valence-corrected chi connectivity index (χ4v) is 1.86. The van der Waals surface area contributed by atoms with Gasteiger partial charge in [0.2, 0.25) is 0 Å². The van der Waals surface area contributed by atoms with Crippen LogP contribution in [0.5, 0.6) is 0 Å². The molecule has 0 unspecified atom stereocenters. The zero-order valence-corrected chi connectivity index (χ0v) is 11.2. The fourth-order valence-electron chi connectivity index (χ4n) is 1.63. The molecular formula is C13H13ClN4O. The van der Waals surface area contributed by atoms with Crippen LogP contribution in [-0.4, -0.2) is 20.9 Å². The molecule has 2 heterocycles. The van der Waals surface area contributed by atoms with Gasteiger partial charge in [-0.2, -0.15) is 0 Å². The van der Waals surface area contributed by atoms with Crippen molar-refractivity contribution in [1.82, 2.24) is 15.0 Å². The van der Waals surface area contributed by atoms with Crippen LogP contribution in [-0.2, 0) is 6.42 Å². The van der Waals surface area contributed by atoms with Crippen molar-refractivity contribution in [2.75, 3.05) is 5.32 Å². The normalized spacial score (nSPS) is 10.2. The lowest BCUT2D eigenvalue weighted by atomic mass is 10.1. The van der Waals surface area contributed by atoms with Crippen LogP contribution >= 0.6 is 11.6 Å². The van der Waals surface area contributed by atoms with E-state index in [1.165, 1.54) is 18.7 Å². The van der Waals surface area contributed by atoms with Gasteiger partial charge in [0.1, 0.15) is 11.5 Å². The summed E-state index contributed by atoms with van der Waals surface area (Å²) in [6.07, 6.45) is 6.19. The standard InChI is InChI=1S/C13H13ClN4O/c1-2-3-10-4-9(5-12(14)17-10)13(19)18-11-6-15-8-16-7-11/h4-8H,2-3H2,1H3,(H,18,19). The lowest BCUT2D eigenvalue weighted by Crippen LogP contribution is -2.13. The number of nitrogens with zero attached hydrogens (tertiary/aromatic N) is 3. The number of aromatic nitrogens is 3. The summed E-state index contributed by atoms with van der Waals surface area (Å²) in [6, 6.07) is 3.29. The summed E-state index contributed by atoms with van der Waals surface area (Å²) in [5, 5.41) is 3.02. The quantitative estimate of drug-likeness (QED) is 0.872. The first-order chi connectivity index (χ1) is 9.19. The number of nitrogens with one attached hydrogen (secondary N) is 1. The van der Waals surface area contributed by atoms with E-state index in [9.17, 15) is 4.79 Å². The van der Waals surface area contributed by atoms with Crippen molar-refractivity contribution in [2.45, 2.75) is 19.8 Å². The Hall–Kier alpha value is -2.01. The number of aryl methyl sites for hydroxylation is 1. The van der Waals surface area contributed by atoms with E-state index in [-0.39, 0.29) is 5.91 Å². The zero-order chi connectivity index (χ0) is 13.7. The van der Waals surface area contributed by atoms with E-state index in [4.69, 9.17) is 11.6 Å². The highest BCUT2D eigenvalue weighted by molar-refractivity contribution is 6.29. The third kappa shape index (κ3) is 3.72. The molecule has 98 valence electrons. The molecular weight excluding hydrogens is 264 g/mol. The Kier molecular flexibility index (Phi) is 4.41. The van der Waals surface area contributed by atoms with Gasteiger partial charge in [-0.15, -0.1) is 0 Å². The molecule has 0 radical (unpaired) electrons. The number of halogens is 1. The number of hydrogen-bond acceptors (Lipinski definition) is 4. The van der Waals surface area contributed by atoms with Crippen molar-refractivity contribution in [3.8, 4) is 0 Å². The Morgan fingerprint density at radius 1 is 1.32 bits per heavy atom. The molecule has 1 N–H and O–H groups in total. The molecule has 2 rings (SSSR count). The first-order valence-electron chi connectivity index (χ1n) is 5.92. The molecule has 0 aliphatic carbocycles. The number of carbonyl (C=O) groups is 1. The Bertz CT molecular complexity index is 574. The number of carbonyl (C=O) groups excluding carboxylic acids is 1. The van der Waals surface area contributed by atoms with Crippen molar-refractivity contribution >= 4 is 23.2 Å². The summed E-state index contributed by atoms with van der Waals surface area (Å²) in [5.74, 6) is -0.253. The Morgan fingerprint density at radius 2 is 2.05 bits per heavy atom. The first kappa shape index (κ1) is 13.4. The highest BCUT2D eigenvalue weighted by Gasteiger charge is 2.09. The molecule has 19 heavy (non-hydrogen) atoms. The summed E-state index contributed by atoms with van der Waals surface area (Å²) in [5.41, 5.74) is 1.83. The van der Waals surface area contributed by atoms with Crippen LogP contribution in [0.1, 0.15) is 29.4 Å². The van der Waals surface area contributed by atoms with Gasteiger partial charge in [0.15, 0.2) is 0 Å². The minimum atomic E-state index is -0.253. The molecule has 0 aliphatic heterocycles. The maximum Gasteiger partial charge on any atom is 0.255 e. The molecule has 0 aromatic carbocycles. The van der Waals surface area contributed by atoms with Crippen LogP contribution in [0.3, 0.4) is 0 Å². The molecule has 0 aliphatic rings. The van der Waals surface area contributed by atoms with Crippen molar-refractivity contribution in [1.29, 1.82) is 0 Å². The van der Waals surface area contributed by atoms with Crippen LogP contribution in [0, 0.1) is 0 Å². The highest BCUT2D eigenvalue weighted by Crippen LogP contribution is 2.14. The summed E-state index contributed by atoms with van der Waals surface area (Å²) >= 11 is 5.92. The SMILES string of the molecule is CCCc1cc(C(=O)Nc2cncnc2)cc(Cl)n1. The van der Waals surface area contributed by atoms with Gasteiger partial charge in [-0.1, -0.05) is 24.9 Å². The molecule has 0 fully saturated rings. The van der Waals surface area contributed by atoms with Gasteiger partial charge < -0.3 is 5.32 Å². The van der Waals surface area contributed by atoms with Crippen molar-refractivity contribution in [3.05, 3.63) is 47.3 Å². The average Bonchev–Trinajstić information content (AvgIpc) is 2.39. The molecule has 0 atom stereocenters. The number of pyridine rings is 1. The van der Waals surface area contributed by atoms with Gasteiger partial charge in [-0.25, -0.2) is 15.0 Å². The smallest absolute Gasteiger partial charge is 0.255 e. The average molecular weight is 277 g/mol. The Labute approximate surface area is 116 Å². The minimum Gasteiger partial charge on any atom is -0.319 e. The summed E-state index contributed by atoms with van der Waals surface area (Å²) in [6.45, 7) is 2.05. The lowest BCUT2D eigenvalue weighted by Gasteiger charge is -2.06. The number of rotatable bonds is 4. The predicted octanol–water partition coefficient (Wildman–Crippen LogP) is 2.73. The maximum absolute atomic E-state index is 12.1. The van der Waals surface area contributed by atoms with Crippen LogP contribution in [0.4, 0.5) is 5.69 Å². The summed E-state index contributed by atoms with van der Waals surface area (Å²) in [4.78, 5) is 23.9. The zero-order valence-electron chi connectivity index (χ0n) is 10.4. The first-order valence-corrected chi connectivity index (χ1v) is 6.29. The second kappa shape index (κ2) is 6.24. The van der Waals surface area contributed by atoms with Gasteiger partial charge in [-0.05, 0) is 18.6 Å². The van der Waals surface area contributed by atoms with E-state index in [1.807, 2.05) is 6.92 Å². The minimum absolute atomic E-state index is 0.253. The molecule has 0 bridgehead atoms. The molecule has 0 saturated carbocycles. The second-order valence-electron chi connectivity index (χ2n) is 4.00. The lowest BCUT2D eigenvalue weighted by molar-refractivity contribution is 0.102. The third-order valence-corrected chi connectivity index (χ3v) is 2.63. The van der Waals surface area contributed by atoms with Crippen LogP contribution < -0.4 is 5.32 Å². The van der Waals surface area contributed by atoms with E-state index in [0.717, 1.165) is 18.5 Å². The van der Waals surface area contributed by atoms with Crippen molar-refractivity contribution in [2.24, 2.45) is 0 Å². The highest BCUT2D eigenvalue weighted by atomic mass is 35.5. The Balaban J connectivity index is 2.19. The van der Waals surface area contributed by atoms with E-state index < -0.39 is 0 Å². The number of hydrogen-bond donors (Lipinski definition) is 1. The molecule has 2 aromatic rings. The topological polar surface area (TPSA) is 67.8 Å². The van der Waals surface area contributed by atoms with Crippen LogP contribution in [0.2, 0.25) is 5.15 Å². The van der Waals surface area contributed by atoms with Gasteiger partial charge in [0, 0.05) is 11.3 Å². The van der Waals surface area contributed by atoms with Crippen LogP contribution in [0.25, 0.3) is 0 Å². The maximum atomic E-state index is 12.1. The molecule has 0 spiro atoms. The molecule has 0 saturated heterocycles. The van der Waals surface area contributed by atoms with Crippen LogP contribution in [0.15, 0.2) is 30.9 Å². The Morgan fingerprint density at radius 3 is 2.74 bits per heavy atom. The molecule has 6 heteroatoms. The number of amides is 1. The molecule has 5 nitrogen and oxygen atoms in total. The van der Waals surface area contributed by atoms with Crippen molar-refractivity contribution in [3.63, 3.8) is 0 Å². The number of anilines is 1. The molecule has 1 amide bonds. The van der Waals surface area contributed by atoms with E-state index in [1.54, 1.807) is 12.1 Å². The molecule has 2 aromatic heterocycles. The van der Waals surface area contributed by atoms with E-state index in [2.05, 4.69) is 20.3 Å².